The van der Waals surface area contributed by atoms with Crippen LogP contribution < -0.4 is 4.68 Å². The molecule has 0 unspecified atom stereocenters. The summed E-state index contributed by atoms with van der Waals surface area (Å²) in [7, 11) is 1.92. The summed E-state index contributed by atoms with van der Waals surface area (Å²) in [5, 5.41) is 9.08. The first-order chi connectivity index (χ1) is 13.7. The molecule has 0 aliphatic rings. The first kappa shape index (κ1) is 22.3. The van der Waals surface area contributed by atoms with Gasteiger partial charge in [-0.1, -0.05) is 48.2 Å². The fourth-order valence-electron chi connectivity index (χ4n) is 3.67. The van der Waals surface area contributed by atoms with E-state index in [0.29, 0.717) is 0 Å². The van der Waals surface area contributed by atoms with Gasteiger partial charge in [0.2, 0.25) is 0 Å². The second-order valence-electron chi connectivity index (χ2n) is 6.97. The molecule has 0 aliphatic carbocycles. The predicted octanol–water partition coefficient (Wildman–Crippen LogP) is 4.47. The van der Waals surface area contributed by atoms with Crippen LogP contribution in [-0.2, 0) is 39.8 Å². The van der Waals surface area contributed by atoms with Gasteiger partial charge in [0.25, 0.3) is 0 Å². The van der Waals surface area contributed by atoms with Gasteiger partial charge in [0.1, 0.15) is 0 Å². The molecule has 0 N–H and O–H groups in total. The van der Waals surface area contributed by atoms with Gasteiger partial charge in [0.15, 0.2) is 19.1 Å². The molecule has 1 aromatic heterocycles. The van der Waals surface area contributed by atoms with Gasteiger partial charge in [0, 0.05) is 46.2 Å². The molecular weight excluding hydrogens is 442 g/mol. The minimum absolute atomic E-state index is 0. The summed E-state index contributed by atoms with van der Waals surface area (Å²) < 4.78 is 1.83. The molecule has 4 radical (unpaired) electrons. The van der Waals surface area contributed by atoms with E-state index in [1.165, 1.54) is 16.2 Å². The Hall–Kier alpha value is -2.42. The zero-order valence-corrected chi connectivity index (χ0v) is 19.8. The van der Waals surface area contributed by atoms with E-state index >= 15 is 0 Å². The Morgan fingerprint density at radius 1 is 0.833 bits per heavy atom. The summed E-state index contributed by atoms with van der Waals surface area (Å²) in [6.45, 7) is 2.08. The van der Waals surface area contributed by atoms with Gasteiger partial charge >= 0.3 is 0 Å². The largest absolute Gasteiger partial charge is 0.240 e. The SMILES string of the molecule is Cc1ccc(-c2[c-]c3ccc4ccccc4c3cc2)[c-]c1-c1cncn[n+]1C.[B].[Y]. The van der Waals surface area contributed by atoms with Gasteiger partial charge < -0.3 is 0 Å². The summed E-state index contributed by atoms with van der Waals surface area (Å²) in [6, 6.07) is 28.4. The van der Waals surface area contributed by atoms with Gasteiger partial charge in [-0.25, -0.2) is 4.98 Å². The summed E-state index contributed by atoms with van der Waals surface area (Å²) in [5.41, 5.74) is 5.13. The van der Waals surface area contributed by atoms with E-state index in [-0.39, 0.29) is 41.1 Å². The number of hydrogen-bond donors (Lipinski definition) is 0. The van der Waals surface area contributed by atoms with Crippen molar-refractivity contribution in [1.29, 1.82) is 0 Å². The third kappa shape index (κ3) is 3.95. The third-order valence-corrected chi connectivity index (χ3v) is 5.19. The molecule has 30 heavy (non-hydrogen) atoms. The van der Waals surface area contributed by atoms with Crippen LogP contribution in [0.5, 0.6) is 0 Å². The molecule has 5 rings (SSSR count). The van der Waals surface area contributed by atoms with Gasteiger partial charge in [-0.3, -0.25) is 0 Å². The van der Waals surface area contributed by atoms with Crippen molar-refractivity contribution in [3.8, 4) is 22.4 Å². The van der Waals surface area contributed by atoms with Crippen molar-refractivity contribution in [2.45, 2.75) is 6.92 Å². The Morgan fingerprint density at radius 3 is 2.43 bits per heavy atom. The van der Waals surface area contributed by atoms with E-state index in [1.54, 1.807) is 6.33 Å². The molecule has 5 aromatic rings. The van der Waals surface area contributed by atoms with Crippen molar-refractivity contribution in [1.82, 2.24) is 10.1 Å². The molecular formula is C25H18BN3Y-. The van der Waals surface area contributed by atoms with Gasteiger partial charge in [-0.15, -0.1) is 33.8 Å². The molecule has 0 atom stereocenters. The second-order valence-corrected chi connectivity index (χ2v) is 6.97. The predicted molar refractivity (Wildman–Crippen MR) is 117 cm³/mol. The van der Waals surface area contributed by atoms with E-state index in [4.69, 9.17) is 0 Å². The average Bonchev–Trinajstić information content (AvgIpc) is 2.74. The topological polar surface area (TPSA) is 29.7 Å². The van der Waals surface area contributed by atoms with Crippen LogP contribution in [0.25, 0.3) is 43.9 Å². The number of rotatable bonds is 2. The van der Waals surface area contributed by atoms with E-state index in [2.05, 4.69) is 89.8 Å². The Bertz CT molecular complexity index is 1350. The summed E-state index contributed by atoms with van der Waals surface area (Å²) in [5.74, 6) is 0. The number of aryl methyl sites for hydroxylation is 2. The molecule has 0 aliphatic heterocycles. The minimum atomic E-state index is 0. The summed E-state index contributed by atoms with van der Waals surface area (Å²) in [6.07, 6.45) is 3.37. The van der Waals surface area contributed by atoms with Crippen LogP contribution in [0.3, 0.4) is 0 Å². The van der Waals surface area contributed by atoms with Crippen LogP contribution in [0.4, 0.5) is 0 Å². The fourth-order valence-corrected chi connectivity index (χ4v) is 3.67. The van der Waals surface area contributed by atoms with Crippen molar-refractivity contribution < 1.29 is 37.4 Å². The van der Waals surface area contributed by atoms with Gasteiger partial charge in [0.05, 0.1) is 6.20 Å². The Balaban J connectivity index is 0.00000128. The van der Waals surface area contributed by atoms with E-state index in [9.17, 15) is 0 Å². The number of nitrogens with zero attached hydrogens (tertiary/aromatic N) is 3. The van der Waals surface area contributed by atoms with Gasteiger partial charge in [-0.2, -0.15) is 35.4 Å². The Morgan fingerprint density at radius 2 is 1.60 bits per heavy atom. The Kier molecular flexibility index (Phi) is 6.80. The molecule has 0 spiro atoms. The number of fused-ring (bicyclic) bond motifs is 3. The van der Waals surface area contributed by atoms with Crippen LogP contribution in [0.2, 0.25) is 0 Å². The van der Waals surface area contributed by atoms with Gasteiger partial charge in [-0.05, 0) is 10.8 Å². The van der Waals surface area contributed by atoms with Crippen LogP contribution >= 0.6 is 0 Å². The van der Waals surface area contributed by atoms with Crippen molar-refractivity contribution in [3.63, 3.8) is 0 Å². The van der Waals surface area contributed by atoms with E-state index < -0.39 is 0 Å². The van der Waals surface area contributed by atoms with Crippen LogP contribution in [0.1, 0.15) is 5.56 Å². The fraction of sp³-hybridized carbons (Fsp3) is 0.0800. The maximum absolute atomic E-state index is 4.25. The molecule has 0 fully saturated rings. The van der Waals surface area contributed by atoms with Crippen molar-refractivity contribution in [3.05, 3.63) is 90.9 Å². The first-order valence-electron chi connectivity index (χ1n) is 9.24. The molecule has 0 saturated carbocycles. The van der Waals surface area contributed by atoms with Crippen LogP contribution in [0.15, 0.2) is 73.2 Å². The normalized spacial score (nSPS) is 10.5. The van der Waals surface area contributed by atoms with Crippen molar-refractivity contribution in [2.24, 2.45) is 7.05 Å². The van der Waals surface area contributed by atoms with E-state index in [1.807, 2.05) is 17.9 Å². The first-order valence-corrected chi connectivity index (χ1v) is 9.24. The number of aromatic nitrogens is 3. The monoisotopic (exact) mass is 460 g/mol. The average molecular weight is 460 g/mol. The molecule has 4 aromatic carbocycles. The van der Waals surface area contributed by atoms with Crippen molar-refractivity contribution >= 4 is 30.0 Å². The van der Waals surface area contributed by atoms with Crippen molar-refractivity contribution in [2.75, 3.05) is 0 Å². The van der Waals surface area contributed by atoms with Crippen LogP contribution in [0, 0.1) is 19.1 Å². The molecule has 1 heterocycles. The molecule has 0 amide bonds. The molecule has 0 saturated heterocycles. The third-order valence-electron chi connectivity index (χ3n) is 5.19. The van der Waals surface area contributed by atoms with Crippen LogP contribution in [-0.4, -0.2) is 18.5 Å². The molecule has 0 bridgehead atoms. The minimum Gasteiger partial charge on any atom is -0.240 e. The smallest absolute Gasteiger partial charge is 0.193 e. The summed E-state index contributed by atoms with van der Waals surface area (Å²) >= 11 is 0. The zero-order valence-electron chi connectivity index (χ0n) is 16.9. The Labute approximate surface area is 203 Å². The van der Waals surface area contributed by atoms with E-state index in [0.717, 1.165) is 33.3 Å². The number of benzene rings is 4. The summed E-state index contributed by atoms with van der Waals surface area (Å²) in [4.78, 5) is 4.18. The zero-order chi connectivity index (χ0) is 19.1. The number of hydrogen-bond acceptors (Lipinski definition) is 2. The molecule has 3 nitrogen and oxygen atoms in total. The quantitative estimate of drug-likeness (QED) is 0.169. The molecule has 140 valence electrons. The maximum atomic E-state index is 4.25. The maximum Gasteiger partial charge on any atom is 0.193 e. The second kappa shape index (κ2) is 9.16. The standard InChI is InChI=1S/C25H18N3.B.Y/c1-17-7-8-20(14-24(17)25-15-26-16-27-28(25)2)19-11-12-23-21(13-19)10-9-18-5-3-4-6-22(18)23;;/h3-12,15-16H,1-2H3;;/q-1;;. The molecule has 5 heteroatoms.